The number of allylic oxidation sites excluding steroid dienone is 1. The summed E-state index contributed by atoms with van der Waals surface area (Å²) in [6, 6.07) is 11.7. The van der Waals surface area contributed by atoms with Crippen LogP contribution in [-0.2, 0) is 0 Å². The fraction of sp³-hybridized carbons (Fsp3) is 0.0556. The summed E-state index contributed by atoms with van der Waals surface area (Å²) in [7, 11) is 0. The van der Waals surface area contributed by atoms with Gasteiger partial charge < -0.3 is 10.5 Å². The summed E-state index contributed by atoms with van der Waals surface area (Å²) in [5, 5.41) is 16.7. The average molecular weight is 333 g/mol. The minimum atomic E-state index is -0.503. The first-order chi connectivity index (χ1) is 12.2. The minimum absolute atomic E-state index is 0.00268. The van der Waals surface area contributed by atoms with Crippen LogP contribution in [0.2, 0.25) is 0 Å². The number of nitrogens with two attached hydrogens (primary N) is 1. The molecule has 0 saturated heterocycles. The highest BCUT2D eigenvalue weighted by atomic mass is 19.1. The number of benzene rings is 1. The summed E-state index contributed by atoms with van der Waals surface area (Å²) in [6.07, 6.45) is 3.32. The van der Waals surface area contributed by atoms with E-state index in [1.165, 1.54) is 12.1 Å². The first-order valence-electron chi connectivity index (χ1n) is 7.50. The third kappa shape index (κ3) is 2.40. The molecule has 3 heterocycles. The third-order valence-corrected chi connectivity index (χ3v) is 4.11. The van der Waals surface area contributed by atoms with E-state index in [1.807, 2.05) is 12.1 Å². The zero-order valence-corrected chi connectivity index (χ0v) is 12.9. The lowest BCUT2D eigenvalue weighted by Crippen LogP contribution is -2.21. The number of fused-ring (bicyclic) bond motifs is 1. The number of aromatic nitrogens is 3. The smallest absolute Gasteiger partial charge is 0.244 e. The number of aromatic amines is 1. The molecule has 1 atom stereocenters. The van der Waals surface area contributed by atoms with Gasteiger partial charge in [-0.3, -0.25) is 10.1 Å². The Balaban J connectivity index is 1.95. The molecule has 3 N–H and O–H groups in total. The average Bonchev–Trinajstić information content (AvgIpc) is 3.05. The Bertz CT molecular complexity index is 1000. The van der Waals surface area contributed by atoms with Crippen LogP contribution in [0.25, 0.3) is 11.3 Å². The molecule has 3 aromatic rings. The van der Waals surface area contributed by atoms with Crippen LogP contribution in [-0.4, -0.2) is 15.2 Å². The highest BCUT2D eigenvalue weighted by Crippen LogP contribution is 2.45. The number of rotatable bonds is 2. The molecule has 0 radical (unpaired) electrons. The maximum absolute atomic E-state index is 13.3. The van der Waals surface area contributed by atoms with Gasteiger partial charge in [0.05, 0.1) is 17.2 Å². The number of hydrogen-bond acceptors (Lipinski definition) is 5. The lowest BCUT2D eigenvalue weighted by Gasteiger charge is -2.24. The number of nitrogens with zero attached hydrogens (tertiary/aromatic N) is 3. The van der Waals surface area contributed by atoms with Crippen molar-refractivity contribution in [2.45, 2.75) is 5.92 Å². The molecule has 1 aliphatic rings. The third-order valence-electron chi connectivity index (χ3n) is 4.11. The molecule has 0 fully saturated rings. The Morgan fingerprint density at radius 1 is 1.16 bits per heavy atom. The lowest BCUT2D eigenvalue weighted by atomic mass is 9.83. The molecule has 0 saturated carbocycles. The van der Waals surface area contributed by atoms with Crippen LogP contribution in [0.3, 0.4) is 0 Å². The number of halogens is 1. The highest BCUT2D eigenvalue weighted by molar-refractivity contribution is 5.70. The van der Waals surface area contributed by atoms with Crippen molar-refractivity contribution in [3.63, 3.8) is 0 Å². The van der Waals surface area contributed by atoms with E-state index in [0.29, 0.717) is 17.1 Å². The van der Waals surface area contributed by atoms with Crippen molar-refractivity contribution >= 4 is 0 Å². The van der Waals surface area contributed by atoms with Crippen molar-refractivity contribution < 1.29 is 9.13 Å². The van der Waals surface area contributed by atoms with Gasteiger partial charge in [0.1, 0.15) is 17.5 Å². The van der Waals surface area contributed by atoms with Gasteiger partial charge in [0.25, 0.3) is 0 Å². The molecule has 1 aromatic carbocycles. The summed E-state index contributed by atoms with van der Waals surface area (Å²) in [6.45, 7) is 0. The molecular formula is C18H12FN5O. The normalized spacial score (nSPS) is 16.1. The van der Waals surface area contributed by atoms with E-state index in [2.05, 4.69) is 21.3 Å². The molecule has 25 heavy (non-hydrogen) atoms. The Kier molecular flexibility index (Phi) is 3.43. The van der Waals surface area contributed by atoms with E-state index in [1.54, 1.807) is 24.5 Å². The predicted molar refractivity (Wildman–Crippen MR) is 87.5 cm³/mol. The molecule has 0 spiro atoms. The molecule has 4 rings (SSSR count). The van der Waals surface area contributed by atoms with Gasteiger partial charge in [-0.05, 0) is 29.8 Å². The summed E-state index contributed by atoms with van der Waals surface area (Å²) in [5.41, 5.74) is 9.12. The number of hydrogen-bond donors (Lipinski definition) is 2. The van der Waals surface area contributed by atoms with Crippen LogP contribution in [0.15, 0.2) is 60.2 Å². The van der Waals surface area contributed by atoms with E-state index >= 15 is 0 Å². The number of nitriles is 1. The quantitative estimate of drug-likeness (QED) is 0.751. The number of pyridine rings is 1. The number of nitrogens with one attached hydrogen (secondary N) is 1. The highest BCUT2D eigenvalue weighted by Gasteiger charge is 2.35. The molecule has 0 bridgehead atoms. The number of H-pyrrole nitrogens is 1. The van der Waals surface area contributed by atoms with Crippen molar-refractivity contribution in [2.75, 3.05) is 0 Å². The lowest BCUT2D eigenvalue weighted by molar-refractivity contribution is 0.379. The van der Waals surface area contributed by atoms with Gasteiger partial charge in [-0.1, -0.05) is 12.1 Å². The maximum atomic E-state index is 13.3. The minimum Gasteiger partial charge on any atom is -0.420 e. The topological polar surface area (TPSA) is 101 Å². The van der Waals surface area contributed by atoms with Crippen LogP contribution in [0.4, 0.5) is 4.39 Å². The monoisotopic (exact) mass is 333 g/mol. The van der Waals surface area contributed by atoms with E-state index in [0.717, 1.165) is 11.1 Å². The Morgan fingerprint density at radius 3 is 2.56 bits per heavy atom. The summed E-state index contributed by atoms with van der Waals surface area (Å²) < 4.78 is 18.9. The molecule has 122 valence electrons. The van der Waals surface area contributed by atoms with Crippen LogP contribution < -0.4 is 10.5 Å². The zero-order valence-electron chi connectivity index (χ0n) is 12.9. The maximum Gasteiger partial charge on any atom is 0.244 e. The van der Waals surface area contributed by atoms with E-state index < -0.39 is 5.92 Å². The Hall–Kier alpha value is -3.66. The second-order valence-corrected chi connectivity index (χ2v) is 5.53. The van der Waals surface area contributed by atoms with Gasteiger partial charge in [-0.15, -0.1) is 5.10 Å². The molecule has 0 unspecified atom stereocenters. The predicted octanol–water partition coefficient (Wildman–Crippen LogP) is 2.83. The van der Waals surface area contributed by atoms with Crippen LogP contribution in [0, 0.1) is 17.1 Å². The number of ether oxygens (including phenoxy) is 1. The zero-order chi connectivity index (χ0) is 17.4. The second-order valence-electron chi connectivity index (χ2n) is 5.53. The van der Waals surface area contributed by atoms with Gasteiger partial charge in [0.15, 0.2) is 0 Å². The van der Waals surface area contributed by atoms with Gasteiger partial charge in [-0.25, -0.2) is 4.39 Å². The van der Waals surface area contributed by atoms with Gasteiger partial charge in [0.2, 0.25) is 11.8 Å². The van der Waals surface area contributed by atoms with Crippen molar-refractivity contribution in [3.8, 4) is 23.2 Å². The van der Waals surface area contributed by atoms with E-state index in [4.69, 9.17) is 10.5 Å². The first kappa shape index (κ1) is 14.9. The summed E-state index contributed by atoms with van der Waals surface area (Å²) in [4.78, 5) is 4.01. The second kappa shape index (κ2) is 5.76. The molecule has 7 heteroatoms. The first-order valence-corrected chi connectivity index (χ1v) is 7.50. The molecule has 0 amide bonds. The Labute approximate surface area is 142 Å². The standard InChI is InChI=1S/C18H12FN5O/c19-12-3-1-10(2-4-12)14-13(9-20)17(21)25-18-15(14)16(23-24-18)11-5-7-22-8-6-11/h1-8,14H,21H2,(H,23,24)/t14-/m1/s1. The van der Waals surface area contributed by atoms with E-state index in [-0.39, 0.29) is 17.3 Å². The van der Waals surface area contributed by atoms with Crippen molar-refractivity contribution in [2.24, 2.45) is 5.73 Å². The largest absolute Gasteiger partial charge is 0.420 e. The fourth-order valence-electron chi connectivity index (χ4n) is 2.97. The SMILES string of the molecule is N#CC1=C(N)Oc2n[nH]c(-c3ccncc3)c2[C@@H]1c1ccc(F)cc1. The van der Waals surface area contributed by atoms with Gasteiger partial charge in [0, 0.05) is 18.0 Å². The van der Waals surface area contributed by atoms with Crippen LogP contribution in [0.1, 0.15) is 17.0 Å². The fourth-order valence-corrected chi connectivity index (χ4v) is 2.97. The summed E-state index contributed by atoms with van der Waals surface area (Å²) in [5.74, 6) is -0.556. The van der Waals surface area contributed by atoms with Crippen LogP contribution in [0.5, 0.6) is 5.88 Å². The molecule has 2 aromatic heterocycles. The van der Waals surface area contributed by atoms with Crippen LogP contribution >= 0.6 is 0 Å². The van der Waals surface area contributed by atoms with Crippen molar-refractivity contribution in [1.82, 2.24) is 15.2 Å². The van der Waals surface area contributed by atoms with Crippen molar-refractivity contribution in [3.05, 3.63) is 77.2 Å². The Morgan fingerprint density at radius 2 is 1.88 bits per heavy atom. The molecule has 6 nitrogen and oxygen atoms in total. The van der Waals surface area contributed by atoms with Gasteiger partial charge in [-0.2, -0.15) is 5.26 Å². The van der Waals surface area contributed by atoms with Gasteiger partial charge >= 0.3 is 0 Å². The molecular weight excluding hydrogens is 321 g/mol. The molecule has 1 aliphatic heterocycles. The van der Waals surface area contributed by atoms with Crippen molar-refractivity contribution in [1.29, 1.82) is 5.26 Å². The van der Waals surface area contributed by atoms with E-state index in [9.17, 15) is 9.65 Å². The summed E-state index contributed by atoms with van der Waals surface area (Å²) >= 11 is 0. The molecule has 0 aliphatic carbocycles.